The summed E-state index contributed by atoms with van der Waals surface area (Å²) in [6.45, 7) is 0.469. The minimum atomic E-state index is -4.39. The van der Waals surface area contributed by atoms with E-state index in [1.807, 2.05) is 0 Å². The number of hydrogen-bond acceptors (Lipinski definition) is 4. The van der Waals surface area contributed by atoms with E-state index < -0.39 is 18.7 Å². The molecule has 9 heteroatoms. The van der Waals surface area contributed by atoms with Crippen molar-refractivity contribution >= 4 is 17.5 Å². The van der Waals surface area contributed by atoms with E-state index in [1.165, 1.54) is 19.2 Å². The third kappa shape index (κ3) is 6.54. The number of halogens is 4. The second-order valence-electron chi connectivity index (χ2n) is 4.35. The van der Waals surface area contributed by atoms with Crippen LogP contribution < -0.4 is 14.8 Å². The van der Waals surface area contributed by atoms with Crippen molar-refractivity contribution in [3.8, 4) is 11.5 Å². The molecule has 0 unspecified atom stereocenters. The normalized spacial score (nSPS) is 11.2. The molecule has 0 aliphatic heterocycles. The van der Waals surface area contributed by atoms with E-state index in [2.05, 4.69) is 10.1 Å². The SMILES string of the molecule is CCOc1c(Cl)cc(C(=O)NCCOCC(F)(F)F)cc1OC. The maximum atomic E-state index is 12.0. The summed E-state index contributed by atoms with van der Waals surface area (Å²) >= 11 is 6.04. The summed E-state index contributed by atoms with van der Waals surface area (Å²) in [5, 5.41) is 2.63. The van der Waals surface area contributed by atoms with Gasteiger partial charge in [0.05, 0.1) is 25.3 Å². The van der Waals surface area contributed by atoms with E-state index in [4.69, 9.17) is 21.1 Å². The Hall–Kier alpha value is -1.67. The van der Waals surface area contributed by atoms with E-state index in [-0.39, 0.29) is 29.5 Å². The van der Waals surface area contributed by atoms with E-state index in [1.54, 1.807) is 6.92 Å². The molecule has 1 rings (SSSR count). The number of carbonyl (C=O) groups excluding carboxylic acids is 1. The van der Waals surface area contributed by atoms with Crippen LogP contribution in [0.5, 0.6) is 11.5 Å². The number of alkyl halides is 3. The molecule has 0 aromatic heterocycles. The van der Waals surface area contributed by atoms with Gasteiger partial charge in [0, 0.05) is 12.1 Å². The fourth-order valence-corrected chi connectivity index (χ4v) is 1.93. The zero-order chi connectivity index (χ0) is 17.5. The first-order valence-corrected chi connectivity index (χ1v) is 7.09. The monoisotopic (exact) mass is 355 g/mol. The summed E-state index contributed by atoms with van der Waals surface area (Å²) in [4.78, 5) is 12.0. The molecule has 23 heavy (non-hydrogen) atoms. The maximum absolute atomic E-state index is 12.0. The molecular weight excluding hydrogens is 339 g/mol. The third-order valence-electron chi connectivity index (χ3n) is 2.58. The molecule has 5 nitrogen and oxygen atoms in total. The van der Waals surface area contributed by atoms with Gasteiger partial charge < -0.3 is 19.5 Å². The van der Waals surface area contributed by atoms with Crippen LogP contribution in [-0.2, 0) is 4.74 Å². The van der Waals surface area contributed by atoms with E-state index in [0.29, 0.717) is 12.4 Å². The maximum Gasteiger partial charge on any atom is 0.411 e. The molecule has 0 saturated heterocycles. The molecule has 1 amide bonds. The van der Waals surface area contributed by atoms with Crippen LogP contribution in [0.2, 0.25) is 5.02 Å². The minimum absolute atomic E-state index is 0.0674. The summed E-state index contributed by atoms with van der Waals surface area (Å²) < 4.78 is 50.5. The van der Waals surface area contributed by atoms with Crippen molar-refractivity contribution in [2.45, 2.75) is 13.1 Å². The number of nitrogens with one attached hydrogen (secondary N) is 1. The van der Waals surface area contributed by atoms with Gasteiger partial charge >= 0.3 is 6.18 Å². The lowest BCUT2D eigenvalue weighted by molar-refractivity contribution is -0.173. The second-order valence-corrected chi connectivity index (χ2v) is 4.75. The van der Waals surface area contributed by atoms with Crippen molar-refractivity contribution < 1.29 is 32.2 Å². The lowest BCUT2D eigenvalue weighted by Gasteiger charge is -2.13. The Morgan fingerprint density at radius 2 is 2.04 bits per heavy atom. The van der Waals surface area contributed by atoms with Crippen LogP contribution in [0.3, 0.4) is 0 Å². The van der Waals surface area contributed by atoms with Crippen LogP contribution in [-0.4, -0.2) is 45.6 Å². The van der Waals surface area contributed by atoms with Crippen molar-refractivity contribution in [1.29, 1.82) is 0 Å². The summed E-state index contributed by atoms with van der Waals surface area (Å²) in [6.07, 6.45) is -4.39. The molecule has 0 saturated carbocycles. The average Bonchev–Trinajstić information content (AvgIpc) is 2.47. The van der Waals surface area contributed by atoms with Crippen LogP contribution in [0.4, 0.5) is 13.2 Å². The molecule has 0 radical (unpaired) electrons. The second kappa shape index (κ2) is 8.83. The zero-order valence-electron chi connectivity index (χ0n) is 12.6. The van der Waals surface area contributed by atoms with Crippen LogP contribution in [0.25, 0.3) is 0 Å². The number of amides is 1. The molecule has 0 heterocycles. The lowest BCUT2D eigenvalue weighted by atomic mass is 10.2. The van der Waals surface area contributed by atoms with Gasteiger partial charge in [-0.2, -0.15) is 13.2 Å². The fourth-order valence-electron chi connectivity index (χ4n) is 1.66. The highest BCUT2D eigenvalue weighted by Gasteiger charge is 2.27. The van der Waals surface area contributed by atoms with Crippen molar-refractivity contribution in [2.24, 2.45) is 0 Å². The highest BCUT2D eigenvalue weighted by molar-refractivity contribution is 6.32. The predicted molar refractivity (Wildman–Crippen MR) is 78.4 cm³/mol. The Morgan fingerprint density at radius 1 is 1.35 bits per heavy atom. The first-order valence-electron chi connectivity index (χ1n) is 6.71. The van der Waals surface area contributed by atoms with Crippen molar-refractivity contribution in [1.82, 2.24) is 5.32 Å². The van der Waals surface area contributed by atoms with E-state index in [0.717, 1.165) is 0 Å². The van der Waals surface area contributed by atoms with Gasteiger partial charge in [0.15, 0.2) is 11.5 Å². The Bertz CT molecular complexity index is 537. The number of ether oxygens (including phenoxy) is 3. The van der Waals surface area contributed by atoms with Gasteiger partial charge in [0.25, 0.3) is 5.91 Å². The van der Waals surface area contributed by atoms with Gasteiger partial charge in [-0.05, 0) is 19.1 Å². The summed E-state index contributed by atoms with van der Waals surface area (Å²) in [5.41, 5.74) is 0.200. The number of carbonyl (C=O) groups is 1. The smallest absolute Gasteiger partial charge is 0.411 e. The standard InChI is InChI=1S/C14H17ClF3NO4/c1-3-23-12-10(15)6-9(7-11(12)21-2)13(20)19-4-5-22-8-14(16,17)18/h6-7H,3-5,8H2,1-2H3,(H,19,20). The Balaban J connectivity index is 2.61. The van der Waals surface area contributed by atoms with Crippen molar-refractivity contribution in [2.75, 3.05) is 33.5 Å². The van der Waals surface area contributed by atoms with Crippen molar-refractivity contribution in [3.05, 3.63) is 22.7 Å². The van der Waals surface area contributed by atoms with Crippen LogP contribution in [0, 0.1) is 0 Å². The Labute approximate surface area is 136 Å². The summed E-state index contributed by atoms with van der Waals surface area (Å²) in [6, 6.07) is 2.82. The molecule has 0 aliphatic carbocycles. The fraction of sp³-hybridized carbons (Fsp3) is 0.500. The van der Waals surface area contributed by atoms with Gasteiger partial charge in [-0.15, -0.1) is 0 Å². The average molecular weight is 356 g/mol. The molecule has 1 aromatic carbocycles. The van der Waals surface area contributed by atoms with Crippen LogP contribution in [0.1, 0.15) is 17.3 Å². The van der Waals surface area contributed by atoms with Crippen LogP contribution in [0.15, 0.2) is 12.1 Å². The number of rotatable bonds is 8. The van der Waals surface area contributed by atoms with Gasteiger partial charge in [0.2, 0.25) is 0 Å². The topological polar surface area (TPSA) is 56.8 Å². The van der Waals surface area contributed by atoms with Crippen molar-refractivity contribution in [3.63, 3.8) is 0 Å². The molecule has 0 spiro atoms. The highest BCUT2D eigenvalue weighted by Crippen LogP contribution is 2.36. The minimum Gasteiger partial charge on any atom is -0.493 e. The molecule has 0 fully saturated rings. The van der Waals surface area contributed by atoms with Gasteiger partial charge in [-0.3, -0.25) is 4.79 Å². The van der Waals surface area contributed by atoms with E-state index in [9.17, 15) is 18.0 Å². The first-order chi connectivity index (χ1) is 10.8. The quantitative estimate of drug-likeness (QED) is 0.728. The Kier molecular flexibility index (Phi) is 7.44. The largest absolute Gasteiger partial charge is 0.493 e. The molecule has 130 valence electrons. The molecule has 0 bridgehead atoms. The van der Waals surface area contributed by atoms with Gasteiger partial charge in [-0.25, -0.2) is 0 Å². The molecule has 1 aromatic rings. The lowest BCUT2D eigenvalue weighted by Crippen LogP contribution is -2.28. The third-order valence-corrected chi connectivity index (χ3v) is 2.86. The molecule has 0 atom stereocenters. The molecule has 0 aliphatic rings. The number of benzene rings is 1. The van der Waals surface area contributed by atoms with Gasteiger partial charge in [0.1, 0.15) is 6.61 Å². The Morgan fingerprint density at radius 3 is 2.61 bits per heavy atom. The number of methoxy groups -OCH3 is 1. The van der Waals surface area contributed by atoms with Gasteiger partial charge in [-0.1, -0.05) is 11.6 Å². The molecule has 1 N–H and O–H groups in total. The van der Waals surface area contributed by atoms with E-state index >= 15 is 0 Å². The van der Waals surface area contributed by atoms with Crippen LogP contribution >= 0.6 is 11.6 Å². The molecular formula is C14H17ClF3NO4. The zero-order valence-corrected chi connectivity index (χ0v) is 13.4. The predicted octanol–water partition coefficient (Wildman–Crippen LogP) is 3.06. The highest BCUT2D eigenvalue weighted by atomic mass is 35.5. The number of hydrogen-bond donors (Lipinski definition) is 1. The summed E-state index contributed by atoms with van der Waals surface area (Å²) in [7, 11) is 1.40. The first kappa shape index (κ1) is 19.4. The summed E-state index contributed by atoms with van der Waals surface area (Å²) in [5.74, 6) is 0.100.